The van der Waals surface area contributed by atoms with Crippen molar-refractivity contribution in [2.75, 3.05) is 58.3 Å². The van der Waals surface area contributed by atoms with Gasteiger partial charge >= 0.3 is 0 Å². The van der Waals surface area contributed by atoms with Crippen molar-refractivity contribution in [3.05, 3.63) is 65.5 Å². The average molecular weight is 481 g/mol. The van der Waals surface area contributed by atoms with Gasteiger partial charge < -0.3 is 14.7 Å². The lowest BCUT2D eigenvalue weighted by Gasteiger charge is -2.38. The fourth-order valence-electron chi connectivity index (χ4n) is 5.11. The molecule has 1 atom stereocenters. The maximum absolute atomic E-state index is 15.0. The number of carbonyl (C=O) groups is 3. The number of imide groups is 1. The molecule has 2 aromatic rings. The van der Waals surface area contributed by atoms with E-state index in [4.69, 9.17) is 0 Å². The van der Waals surface area contributed by atoms with Crippen LogP contribution in [0.15, 0.2) is 48.5 Å². The lowest BCUT2D eigenvalue weighted by atomic mass is 9.75. The highest BCUT2D eigenvalue weighted by molar-refractivity contribution is 6.10. The zero-order valence-corrected chi connectivity index (χ0v) is 20.7. The summed E-state index contributed by atoms with van der Waals surface area (Å²) in [5.41, 5.74) is 0.936. The lowest BCUT2D eigenvalue weighted by Crippen LogP contribution is -2.51. The van der Waals surface area contributed by atoms with E-state index in [1.165, 1.54) is 22.6 Å². The fraction of sp³-hybridized carbons (Fsp3) is 0.444. The number of halogens is 1. The average Bonchev–Trinajstić information content (AvgIpc) is 3.07. The van der Waals surface area contributed by atoms with E-state index in [9.17, 15) is 18.8 Å². The van der Waals surface area contributed by atoms with E-state index in [1.807, 2.05) is 31.1 Å². The normalized spacial score (nSPS) is 20.8. The van der Waals surface area contributed by atoms with Gasteiger partial charge in [-0.3, -0.25) is 19.3 Å². The molecule has 0 aliphatic carbocycles. The van der Waals surface area contributed by atoms with Gasteiger partial charge in [0.05, 0.1) is 5.41 Å². The van der Waals surface area contributed by atoms with Crippen LogP contribution >= 0.6 is 0 Å². The number of likely N-dealkylation sites (N-methyl/N-ethyl adjacent to an activating group) is 1. The molecule has 4 rings (SSSR count). The Balaban J connectivity index is 1.54. The third kappa shape index (κ3) is 4.93. The number of hydrogen-bond donors (Lipinski definition) is 0. The van der Waals surface area contributed by atoms with E-state index in [1.54, 1.807) is 17.0 Å². The largest absolute Gasteiger partial charge is 0.368 e. The molecule has 2 aliphatic heterocycles. The molecule has 0 unspecified atom stereocenters. The number of aryl methyl sites for hydroxylation is 1. The van der Waals surface area contributed by atoms with Gasteiger partial charge in [-0.15, -0.1) is 0 Å². The van der Waals surface area contributed by atoms with E-state index < -0.39 is 17.1 Å². The predicted octanol–water partition coefficient (Wildman–Crippen LogP) is 2.43. The molecule has 2 fully saturated rings. The first-order chi connectivity index (χ1) is 16.7. The number of rotatable bonds is 7. The number of carbonyl (C=O) groups excluding carboxylic acids is 3. The van der Waals surface area contributed by atoms with E-state index in [0.29, 0.717) is 32.7 Å². The minimum absolute atomic E-state index is 0.123. The van der Waals surface area contributed by atoms with E-state index in [2.05, 4.69) is 24.0 Å². The molecule has 0 N–H and O–H groups in total. The molecule has 2 aromatic carbocycles. The van der Waals surface area contributed by atoms with Crippen molar-refractivity contribution in [1.29, 1.82) is 0 Å². The first kappa shape index (κ1) is 24.9. The van der Waals surface area contributed by atoms with Crippen LogP contribution in [0.5, 0.6) is 0 Å². The highest BCUT2D eigenvalue weighted by atomic mass is 19.1. The second kappa shape index (κ2) is 10.2. The summed E-state index contributed by atoms with van der Waals surface area (Å²) < 4.78 is 15.0. The number of benzene rings is 2. The van der Waals surface area contributed by atoms with Gasteiger partial charge in [-0.25, -0.2) is 4.39 Å². The number of para-hydroxylation sites is 1. The van der Waals surface area contributed by atoms with E-state index >= 15 is 0 Å². The molecule has 0 aromatic heterocycles. The standard InChI is InChI=1S/C27H33FN4O3/c1-20-8-4-7-11-23(20)30-13-15-31(16-14-30)24(33)18-27(21-9-5-6-10-22(21)28)19-25(34)32(26(27)35)17-12-29(2)3/h4-11H,12-19H2,1-3H3/t27-/m0/s1. The quantitative estimate of drug-likeness (QED) is 0.570. The zero-order chi connectivity index (χ0) is 25.2. The Morgan fingerprint density at radius 1 is 1.00 bits per heavy atom. The van der Waals surface area contributed by atoms with Crippen LogP contribution in [-0.4, -0.2) is 85.8 Å². The SMILES string of the molecule is Cc1ccccc1N1CCN(C(=O)C[C@@]2(c3ccccc3F)CC(=O)N(CCN(C)C)C2=O)CC1. The Labute approximate surface area is 206 Å². The summed E-state index contributed by atoms with van der Waals surface area (Å²) in [5.74, 6) is -1.65. The Morgan fingerprint density at radius 3 is 2.31 bits per heavy atom. The van der Waals surface area contributed by atoms with Gasteiger partial charge in [0.1, 0.15) is 5.82 Å². The summed E-state index contributed by atoms with van der Waals surface area (Å²) >= 11 is 0. The van der Waals surface area contributed by atoms with Gasteiger partial charge in [0, 0.05) is 63.4 Å². The second-order valence-electron chi connectivity index (χ2n) is 9.72. The van der Waals surface area contributed by atoms with Gasteiger partial charge in [-0.1, -0.05) is 36.4 Å². The van der Waals surface area contributed by atoms with Crippen LogP contribution < -0.4 is 4.90 Å². The molecule has 2 saturated heterocycles. The Hall–Kier alpha value is -3.26. The summed E-state index contributed by atoms with van der Waals surface area (Å²) in [6.07, 6.45) is -0.420. The minimum Gasteiger partial charge on any atom is -0.368 e. The molecular weight excluding hydrogens is 447 g/mol. The van der Waals surface area contributed by atoms with Crippen molar-refractivity contribution < 1.29 is 18.8 Å². The number of amides is 3. The molecule has 186 valence electrons. The van der Waals surface area contributed by atoms with Crippen molar-refractivity contribution >= 4 is 23.4 Å². The van der Waals surface area contributed by atoms with Crippen LogP contribution in [-0.2, 0) is 19.8 Å². The molecule has 0 bridgehead atoms. The molecule has 0 saturated carbocycles. The van der Waals surface area contributed by atoms with Crippen LogP contribution in [0.4, 0.5) is 10.1 Å². The van der Waals surface area contributed by atoms with Gasteiger partial charge in [-0.2, -0.15) is 0 Å². The number of anilines is 1. The highest BCUT2D eigenvalue weighted by Gasteiger charge is 2.55. The van der Waals surface area contributed by atoms with Crippen molar-refractivity contribution in [1.82, 2.24) is 14.7 Å². The van der Waals surface area contributed by atoms with Gasteiger partial charge in [0.2, 0.25) is 17.7 Å². The van der Waals surface area contributed by atoms with Gasteiger partial charge in [0.15, 0.2) is 0 Å². The monoisotopic (exact) mass is 480 g/mol. The predicted molar refractivity (Wildman–Crippen MR) is 133 cm³/mol. The molecule has 2 heterocycles. The first-order valence-electron chi connectivity index (χ1n) is 12.1. The van der Waals surface area contributed by atoms with Crippen LogP contribution in [0.2, 0.25) is 0 Å². The van der Waals surface area contributed by atoms with E-state index in [-0.39, 0.29) is 36.8 Å². The van der Waals surface area contributed by atoms with Crippen LogP contribution in [0.1, 0.15) is 24.0 Å². The number of piperazine rings is 1. The Morgan fingerprint density at radius 2 is 1.66 bits per heavy atom. The molecule has 7 nitrogen and oxygen atoms in total. The highest BCUT2D eigenvalue weighted by Crippen LogP contribution is 2.41. The summed E-state index contributed by atoms with van der Waals surface area (Å²) in [4.78, 5) is 47.1. The van der Waals surface area contributed by atoms with Gasteiger partial charge in [-0.05, 0) is 38.7 Å². The Kier molecular flexibility index (Phi) is 7.21. The molecule has 8 heteroatoms. The van der Waals surface area contributed by atoms with Crippen molar-refractivity contribution in [2.24, 2.45) is 0 Å². The third-order valence-electron chi connectivity index (χ3n) is 7.11. The maximum Gasteiger partial charge on any atom is 0.241 e. The summed E-state index contributed by atoms with van der Waals surface area (Å²) in [5, 5.41) is 0. The van der Waals surface area contributed by atoms with E-state index in [0.717, 1.165) is 5.69 Å². The molecule has 2 aliphatic rings. The molecular formula is C27H33FN4O3. The fourth-order valence-corrected chi connectivity index (χ4v) is 5.11. The van der Waals surface area contributed by atoms with Gasteiger partial charge in [0.25, 0.3) is 0 Å². The summed E-state index contributed by atoms with van der Waals surface area (Å²) in [6, 6.07) is 14.1. The number of nitrogens with zero attached hydrogens (tertiary/aromatic N) is 4. The molecule has 3 amide bonds. The van der Waals surface area contributed by atoms with Crippen molar-refractivity contribution in [3.63, 3.8) is 0 Å². The smallest absolute Gasteiger partial charge is 0.241 e. The lowest BCUT2D eigenvalue weighted by molar-refractivity contribution is -0.143. The van der Waals surface area contributed by atoms with Crippen LogP contribution in [0, 0.1) is 12.7 Å². The number of hydrogen-bond acceptors (Lipinski definition) is 5. The third-order valence-corrected chi connectivity index (χ3v) is 7.11. The molecule has 0 spiro atoms. The van der Waals surface area contributed by atoms with Crippen molar-refractivity contribution in [3.8, 4) is 0 Å². The first-order valence-corrected chi connectivity index (χ1v) is 12.1. The molecule has 35 heavy (non-hydrogen) atoms. The van der Waals surface area contributed by atoms with Crippen LogP contribution in [0.3, 0.4) is 0 Å². The maximum atomic E-state index is 15.0. The Bertz CT molecular complexity index is 1110. The summed E-state index contributed by atoms with van der Waals surface area (Å²) in [6.45, 7) is 5.13. The topological polar surface area (TPSA) is 64.2 Å². The zero-order valence-electron chi connectivity index (χ0n) is 20.7. The second-order valence-corrected chi connectivity index (χ2v) is 9.72. The van der Waals surface area contributed by atoms with Crippen molar-refractivity contribution in [2.45, 2.75) is 25.2 Å². The number of likely N-dealkylation sites (tertiary alicyclic amines) is 1. The van der Waals surface area contributed by atoms with Crippen LogP contribution in [0.25, 0.3) is 0 Å². The molecule has 0 radical (unpaired) electrons. The summed E-state index contributed by atoms with van der Waals surface area (Å²) in [7, 11) is 3.71. The minimum atomic E-state index is -1.51.